The fourth-order valence-corrected chi connectivity index (χ4v) is 0.866. The van der Waals surface area contributed by atoms with E-state index in [0.717, 1.165) is 0 Å². The largest absolute Gasteiger partial charge is 0.574 e. The van der Waals surface area contributed by atoms with Gasteiger partial charge in [-0.3, -0.25) is 4.79 Å². The molecule has 0 saturated carbocycles. The molecule has 1 aromatic heterocycles. The van der Waals surface area contributed by atoms with Crippen molar-refractivity contribution in [2.75, 3.05) is 0 Å². The number of halogens is 5. The van der Waals surface area contributed by atoms with Gasteiger partial charge >= 0.3 is 6.36 Å². The molecule has 0 N–H and O–H groups in total. The normalized spacial score (nSPS) is 11.3. The summed E-state index contributed by atoms with van der Waals surface area (Å²) in [4.78, 5) is 13.3. The van der Waals surface area contributed by atoms with E-state index in [9.17, 15) is 22.4 Å². The summed E-state index contributed by atoms with van der Waals surface area (Å²) in [7, 11) is 0. The first-order chi connectivity index (χ1) is 6.78. The molecule has 0 unspecified atom stereocenters. The number of ether oxygens (including phenoxy) is 1. The summed E-state index contributed by atoms with van der Waals surface area (Å²) >= 11 is 4.95. The second-order valence-electron chi connectivity index (χ2n) is 2.34. The number of pyridine rings is 1. The van der Waals surface area contributed by atoms with Gasteiger partial charge in [0.05, 0.1) is 0 Å². The summed E-state index contributed by atoms with van der Waals surface area (Å²) in [6, 6.07) is 1.18. The molecule has 0 aliphatic heterocycles. The molecule has 3 nitrogen and oxygen atoms in total. The number of alkyl halides is 3. The molecule has 1 heterocycles. The van der Waals surface area contributed by atoms with Crippen LogP contribution in [0.5, 0.6) is 5.88 Å². The van der Waals surface area contributed by atoms with Crippen LogP contribution in [-0.4, -0.2) is 16.6 Å². The second kappa shape index (κ2) is 4.01. The molecule has 0 aliphatic rings. The van der Waals surface area contributed by atoms with Gasteiger partial charge in [0.15, 0.2) is 0 Å². The highest BCUT2D eigenvalue weighted by atomic mass is 35.5. The SMILES string of the molecule is O=C(Cl)c1cc(F)nc(OC(F)(F)F)c1. The molecule has 0 radical (unpaired) electrons. The molecule has 0 saturated heterocycles. The number of hydrogen-bond acceptors (Lipinski definition) is 3. The highest BCUT2D eigenvalue weighted by Crippen LogP contribution is 2.22. The van der Waals surface area contributed by atoms with Gasteiger partial charge in [-0.2, -0.15) is 9.37 Å². The van der Waals surface area contributed by atoms with E-state index < -0.39 is 29.0 Å². The molecule has 0 bridgehead atoms. The number of carbonyl (C=O) groups is 1. The zero-order valence-electron chi connectivity index (χ0n) is 6.81. The lowest BCUT2D eigenvalue weighted by Crippen LogP contribution is -2.18. The highest BCUT2D eigenvalue weighted by Gasteiger charge is 2.32. The van der Waals surface area contributed by atoms with Gasteiger partial charge in [-0.15, -0.1) is 13.2 Å². The van der Waals surface area contributed by atoms with Crippen LogP contribution in [0.2, 0.25) is 0 Å². The Kier molecular flexibility index (Phi) is 3.13. The molecule has 0 spiro atoms. The Bertz CT molecular complexity index is 393. The van der Waals surface area contributed by atoms with E-state index in [1.807, 2.05) is 0 Å². The average Bonchev–Trinajstić information content (AvgIpc) is 1.99. The molecular formula is C7H2ClF4NO2. The minimum absolute atomic E-state index is 0.469. The summed E-state index contributed by atoms with van der Waals surface area (Å²) < 4.78 is 51.0. The van der Waals surface area contributed by atoms with Crippen molar-refractivity contribution in [1.29, 1.82) is 0 Å². The van der Waals surface area contributed by atoms with Gasteiger partial charge in [0.25, 0.3) is 5.24 Å². The van der Waals surface area contributed by atoms with Gasteiger partial charge in [-0.1, -0.05) is 0 Å². The Morgan fingerprint density at radius 3 is 2.47 bits per heavy atom. The number of aromatic nitrogens is 1. The first-order valence-electron chi connectivity index (χ1n) is 3.41. The third-order valence-corrected chi connectivity index (χ3v) is 1.44. The molecule has 82 valence electrons. The van der Waals surface area contributed by atoms with Crippen LogP contribution in [0.3, 0.4) is 0 Å². The molecular weight excluding hydrogens is 242 g/mol. The average molecular weight is 244 g/mol. The first kappa shape index (κ1) is 11.7. The summed E-state index contributed by atoms with van der Waals surface area (Å²) in [6.07, 6.45) is -5.01. The lowest BCUT2D eigenvalue weighted by molar-refractivity contribution is -0.276. The Hall–Kier alpha value is -1.37. The van der Waals surface area contributed by atoms with Crippen molar-refractivity contribution in [2.45, 2.75) is 6.36 Å². The van der Waals surface area contributed by atoms with E-state index in [2.05, 4.69) is 9.72 Å². The Morgan fingerprint density at radius 1 is 1.40 bits per heavy atom. The second-order valence-corrected chi connectivity index (χ2v) is 2.68. The quantitative estimate of drug-likeness (QED) is 0.455. The molecule has 0 amide bonds. The van der Waals surface area contributed by atoms with Gasteiger partial charge in [0.1, 0.15) is 0 Å². The third kappa shape index (κ3) is 3.70. The number of rotatable bonds is 2. The van der Waals surface area contributed by atoms with Crippen LogP contribution >= 0.6 is 11.6 Å². The summed E-state index contributed by atoms with van der Waals surface area (Å²) in [5, 5.41) is -1.11. The van der Waals surface area contributed by atoms with Crippen molar-refractivity contribution in [3.05, 3.63) is 23.6 Å². The maximum Gasteiger partial charge on any atom is 0.574 e. The van der Waals surface area contributed by atoms with Crippen molar-refractivity contribution in [3.63, 3.8) is 0 Å². The van der Waals surface area contributed by atoms with Crippen LogP contribution in [0.1, 0.15) is 10.4 Å². The van der Waals surface area contributed by atoms with Crippen LogP contribution in [0, 0.1) is 5.95 Å². The maximum absolute atomic E-state index is 12.6. The van der Waals surface area contributed by atoms with Gasteiger partial charge < -0.3 is 4.74 Å². The number of carbonyl (C=O) groups excluding carboxylic acids is 1. The first-order valence-corrected chi connectivity index (χ1v) is 3.79. The van der Waals surface area contributed by atoms with Gasteiger partial charge in [-0.05, 0) is 11.6 Å². The summed E-state index contributed by atoms with van der Waals surface area (Å²) in [6.45, 7) is 0. The fourth-order valence-electron chi connectivity index (χ4n) is 0.757. The zero-order chi connectivity index (χ0) is 11.6. The standard InChI is InChI=1S/C7H2ClF4NO2/c8-6(14)3-1-4(9)13-5(2-3)15-7(10,11)12/h1-2H. The third-order valence-electron chi connectivity index (χ3n) is 1.22. The van der Waals surface area contributed by atoms with Crippen LogP contribution < -0.4 is 4.74 Å². The molecule has 0 fully saturated rings. The minimum atomic E-state index is -5.01. The van der Waals surface area contributed by atoms with E-state index in [4.69, 9.17) is 11.6 Å². The highest BCUT2D eigenvalue weighted by molar-refractivity contribution is 6.67. The fraction of sp³-hybridized carbons (Fsp3) is 0.143. The summed E-state index contributed by atoms with van der Waals surface area (Å²) in [5.74, 6) is -2.37. The van der Waals surface area contributed by atoms with Crippen molar-refractivity contribution >= 4 is 16.8 Å². The molecule has 1 rings (SSSR count). The summed E-state index contributed by atoms with van der Waals surface area (Å²) in [5.41, 5.74) is -0.469. The zero-order valence-corrected chi connectivity index (χ0v) is 7.56. The van der Waals surface area contributed by atoms with E-state index >= 15 is 0 Å². The Labute approximate surface area is 85.6 Å². The van der Waals surface area contributed by atoms with Gasteiger partial charge in [-0.25, -0.2) is 0 Å². The van der Waals surface area contributed by atoms with Crippen molar-refractivity contribution in [1.82, 2.24) is 4.98 Å². The van der Waals surface area contributed by atoms with Crippen LogP contribution in [0.15, 0.2) is 12.1 Å². The van der Waals surface area contributed by atoms with Crippen molar-refractivity contribution in [3.8, 4) is 5.88 Å². The van der Waals surface area contributed by atoms with E-state index in [-0.39, 0.29) is 0 Å². The van der Waals surface area contributed by atoms with Crippen LogP contribution in [0.4, 0.5) is 17.6 Å². The molecule has 0 aromatic carbocycles. The number of hydrogen-bond donors (Lipinski definition) is 0. The molecule has 0 atom stereocenters. The maximum atomic E-state index is 12.6. The Morgan fingerprint density at radius 2 is 2.00 bits per heavy atom. The molecule has 1 aromatic rings. The molecule has 0 aliphatic carbocycles. The van der Waals surface area contributed by atoms with Gasteiger partial charge in [0.2, 0.25) is 11.8 Å². The van der Waals surface area contributed by atoms with Crippen molar-refractivity contribution in [2.24, 2.45) is 0 Å². The lowest BCUT2D eigenvalue weighted by Gasteiger charge is -2.07. The van der Waals surface area contributed by atoms with Crippen LogP contribution in [0.25, 0.3) is 0 Å². The van der Waals surface area contributed by atoms with Crippen LogP contribution in [-0.2, 0) is 0 Å². The molecule has 8 heteroatoms. The predicted octanol–water partition coefficient (Wildman–Crippen LogP) is 2.50. The van der Waals surface area contributed by atoms with Gasteiger partial charge in [0, 0.05) is 17.7 Å². The minimum Gasteiger partial charge on any atom is -0.388 e. The number of nitrogens with zero attached hydrogens (tertiary/aromatic N) is 1. The van der Waals surface area contributed by atoms with E-state index in [1.165, 1.54) is 0 Å². The topological polar surface area (TPSA) is 39.2 Å². The van der Waals surface area contributed by atoms with E-state index in [1.54, 1.807) is 0 Å². The lowest BCUT2D eigenvalue weighted by atomic mass is 10.3. The van der Waals surface area contributed by atoms with Crippen molar-refractivity contribution < 1.29 is 27.1 Å². The molecule has 15 heavy (non-hydrogen) atoms. The predicted molar refractivity (Wildman–Crippen MR) is 41.1 cm³/mol. The monoisotopic (exact) mass is 243 g/mol. The smallest absolute Gasteiger partial charge is 0.388 e. The van der Waals surface area contributed by atoms with E-state index in [0.29, 0.717) is 12.1 Å². The Balaban J connectivity index is 3.04.